The number of benzene rings is 3. The fourth-order valence-corrected chi connectivity index (χ4v) is 5.49. The molecule has 1 heterocycles. The summed E-state index contributed by atoms with van der Waals surface area (Å²) in [5.74, 6) is -1.77. The number of anilines is 2. The van der Waals surface area contributed by atoms with Gasteiger partial charge in [-0.05, 0) is 61.5 Å². The van der Waals surface area contributed by atoms with Gasteiger partial charge in [-0.1, -0.05) is 17.7 Å². The van der Waals surface area contributed by atoms with Crippen LogP contribution in [0.15, 0.2) is 65.6 Å². The Morgan fingerprint density at radius 2 is 1.84 bits per heavy atom. The molecule has 1 aliphatic rings. The molecule has 37 heavy (non-hydrogen) atoms. The molecule has 0 aromatic heterocycles. The molecule has 2 atom stereocenters. The van der Waals surface area contributed by atoms with Crippen molar-refractivity contribution in [3.8, 4) is 5.75 Å². The highest BCUT2D eigenvalue weighted by Crippen LogP contribution is 2.40. The van der Waals surface area contributed by atoms with Gasteiger partial charge in [0.05, 0.1) is 39.4 Å². The standard InChI is InChI=1S/C24H19ClF4N2O5S/c1-13(32)21-12-31(37(34,35)16-8-5-14(26)6-9-16)19-11-15(7-10-20(19)36-21)30-23(33)22-17(24(27,28)29)3-2-4-18(22)25/h2-11,13,21,32H,12H2,1H3,(H,30,33)/t13-,21+/m0/s1. The number of nitrogens with one attached hydrogen (secondary N) is 1. The Bertz CT molecular complexity index is 1450. The van der Waals surface area contributed by atoms with Crippen molar-refractivity contribution in [2.45, 2.75) is 30.2 Å². The van der Waals surface area contributed by atoms with Crippen LogP contribution in [0.2, 0.25) is 5.02 Å². The number of alkyl halides is 3. The topological polar surface area (TPSA) is 95.9 Å². The lowest BCUT2D eigenvalue weighted by molar-refractivity contribution is -0.137. The maximum Gasteiger partial charge on any atom is 0.417 e. The van der Waals surface area contributed by atoms with Crippen LogP contribution >= 0.6 is 11.6 Å². The van der Waals surface area contributed by atoms with E-state index in [4.69, 9.17) is 16.3 Å². The molecule has 13 heteroatoms. The Labute approximate surface area is 214 Å². The Balaban J connectivity index is 1.75. The molecule has 0 spiro atoms. The second-order valence-electron chi connectivity index (χ2n) is 8.18. The summed E-state index contributed by atoms with van der Waals surface area (Å²) in [6.45, 7) is 1.08. The number of halogens is 5. The Morgan fingerprint density at radius 3 is 2.46 bits per heavy atom. The summed E-state index contributed by atoms with van der Waals surface area (Å²) in [6.07, 6.45) is -6.88. The van der Waals surface area contributed by atoms with Crippen molar-refractivity contribution in [2.75, 3.05) is 16.2 Å². The van der Waals surface area contributed by atoms with Crippen LogP contribution in [0.4, 0.5) is 28.9 Å². The first-order valence-corrected chi connectivity index (χ1v) is 12.5. The van der Waals surface area contributed by atoms with Crippen molar-refractivity contribution in [1.82, 2.24) is 0 Å². The minimum absolute atomic E-state index is 0.0366. The molecule has 0 saturated heterocycles. The second kappa shape index (κ2) is 9.84. The monoisotopic (exact) mass is 558 g/mol. The summed E-state index contributed by atoms with van der Waals surface area (Å²) in [5, 5.41) is 11.9. The lowest BCUT2D eigenvalue weighted by atomic mass is 10.1. The van der Waals surface area contributed by atoms with Crippen LogP contribution in [-0.2, 0) is 16.2 Å². The van der Waals surface area contributed by atoms with Gasteiger partial charge in [0.15, 0.2) is 0 Å². The van der Waals surface area contributed by atoms with Crippen molar-refractivity contribution in [2.24, 2.45) is 0 Å². The number of hydrogen-bond acceptors (Lipinski definition) is 5. The number of ether oxygens (including phenoxy) is 1. The van der Waals surface area contributed by atoms with E-state index < -0.39 is 56.3 Å². The molecule has 1 aliphatic heterocycles. The summed E-state index contributed by atoms with van der Waals surface area (Å²) in [5.41, 5.74) is -2.13. The molecule has 0 radical (unpaired) electrons. The van der Waals surface area contributed by atoms with Crippen molar-refractivity contribution >= 4 is 38.9 Å². The predicted molar refractivity (Wildman–Crippen MR) is 128 cm³/mol. The van der Waals surface area contributed by atoms with Crippen LogP contribution in [0.25, 0.3) is 0 Å². The number of aliphatic hydroxyl groups is 1. The third kappa shape index (κ3) is 5.36. The molecule has 3 aromatic rings. The first-order valence-electron chi connectivity index (χ1n) is 10.7. The van der Waals surface area contributed by atoms with Gasteiger partial charge >= 0.3 is 6.18 Å². The van der Waals surface area contributed by atoms with Gasteiger partial charge in [0, 0.05) is 5.69 Å². The molecular weight excluding hydrogens is 540 g/mol. The van der Waals surface area contributed by atoms with Crippen LogP contribution in [-0.4, -0.2) is 38.2 Å². The molecule has 7 nitrogen and oxygen atoms in total. The van der Waals surface area contributed by atoms with E-state index in [0.717, 1.165) is 40.7 Å². The summed E-state index contributed by atoms with van der Waals surface area (Å²) in [7, 11) is -4.30. The van der Waals surface area contributed by atoms with Gasteiger partial charge in [0.2, 0.25) is 0 Å². The number of carbonyl (C=O) groups is 1. The minimum atomic E-state index is -4.85. The molecule has 1 amide bonds. The highest BCUT2D eigenvalue weighted by atomic mass is 35.5. The maximum absolute atomic E-state index is 13.5. The highest BCUT2D eigenvalue weighted by molar-refractivity contribution is 7.92. The van der Waals surface area contributed by atoms with Crippen LogP contribution in [0, 0.1) is 5.82 Å². The van der Waals surface area contributed by atoms with Crippen LogP contribution in [0.5, 0.6) is 5.75 Å². The van der Waals surface area contributed by atoms with Crippen molar-refractivity contribution in [3.05, 3.63) is 82.6 Å². The van der Waals surface area contributed by atoms with Gasteiger partial charge in [0.1, 0.15) is 17.7 Å². The van der Waals surface area contributed by atoms with E-state index in [1.165, 1.54) is 25.1 Å². The molecule has 4 rings (SSSR count). The third-order valence-corrected chi connectivity index (χ3v) is 7.70. The summed E-state index contributed by atoms with van der Waals surface area (Å²) >= 11 is 5.90. The number of sulfonamides is 1. The largest absolute Gasteiger partial charge is 0.484 e. The molecule has 3 aromatic carbocycles. The van der Waals surface area contributed by atoms with Crippen molar-refractivity contribution in [3.63, 3.8) is 0 Å². The zero-order valence-corrected chi connectivity index (χ0v) is 20.5. The molecule has 0 aliphatic carbocycles. The van der Waals surface area contributed by atoms with Crippen molar-refractivity contribution in [1.29, 1.82) is 0 Å². The van der Waals surface area contributed by atoms with E-state index in [-0.39, 0.29) is 28.6 Å². The van der Waals surface area contributed by atoms with E-state index in [2.05, 4.69) is 5.32 Å². The predicted octanol–water partition coefficient (Wildman–Crippen LogP) is 5.09. The zero-order chi connectivity index (χ0) is 27.1. The number of amides is 1. The molecule has 0 bridgehead atoms. The molecule has 196 valence electrons. The van der Waals surface area contributed by atoms with E-state index in [1.54, 1.807) is 0 Å². The highest BCUT2D eigenvalue weighted by Gasteiger charge is 2.38. The fraction of sp³-hybridized carbons (Fsp3) is 0.208. The van der Waals surface area contributed by atoms with Gasteiger partial charge in [-0.2, -0.15) is 13.2 Å². The van der Waals surface area contributed by atoms with Gasteiger partial charge < -0.3 is 15.2 Å². The number of rotatable bonds is 5. The first-order chi connectivity index (χ1) is 17.3. The van der Waals surface area contributed by atoms with Gasteiger partial charge in [-0.25, -0.2) is 12.8 Å². The molecular formula is C24H19ClF4N2O5S. The van der Waals surface area contributed by atoms with E-state index in [1.807, 2.05) is 0 Å². The smallest absolute Gasteiger partial charge is 0.417 e. The van der Waals surface area contributed by atoms with E-state index >= 15 is 0 Å². The SMILES string of the molecule is C[C@H](O)[C@H]1CN(S(=O)(=O)c2ccc(F)cc2)c2cc(NC(=O)c3c(Cl)cccc3C(F)(F)F)ccc2O1. The van der Waals surface area contributed by atoms with Crippen LogP contribution < -0.4 is 14.4 Å². The van der Waals surface area contributed by atoms with Crippen molar-refractivity contribution < 1.29 is 40.6 Å². The minimum Gasteiger partial charge on any atom is -0.484 e. The Hall–Kier alpha value is -3.35. The van der Waals surface area contributed by atoms with Crippen LogP contribution in [0.3, 0.4) is 0 Å². The lowest BCUT2D eigenvalue weighted by Crippen LogP contribution is -2.47. The summed E-state index contributed by atoms with van der Waals surface area (Å²) in [6, 6.07) is 10.8. The number of hydrogen-bond donors (Lipinski definition) is 2. The quantitative estimate of drug-likeness (QED) is 0.426. The third-order valence-electron chi connectivity index (χ3n) is 5.60. The molecule has 0 saturated carbocycles. The first kappa shape index (κ1) is 26.7. The zero-order valence-electron chi connectivity index (χ0n) is 19.0. The van der Waals surface area contributed by atoms with Gasteiger partial charge in [0.25, 0.3) is 15.9 Å². The van der Waals surface area contributed by atoms with Crippen LogP contribution in [0.1, 0.15) is 22.8 Å². The summed E-state index contributed by atoms with van der Waals surface area (Å²) < 4.78 is 87.2. The Morgan fingerprint density at radius 1 is 1.16 bits per heavy atom. The molecule has 0 unspecified atom stereocenters. The second-order valence-corrected chi connectivity index (χ2v) is 10.5. The average molecular weight is 559 g/mol. The van der Waals surface area contributed by atoms with E-state index in [9.17, 15) is 35.9 Å². The van der Waals surface area contributed by atoms with Gasteiger partial charge in [-0.3, -0.25) is 9.10 Å². The number of fused-ring (bicyclic) bond motifs is 1. The normalized spacial score (nSPS) is 16.5. The lowest BCUT2D eigenvalue weighted by Gasteiger charge is -2.36. The molecule has 2 N–H and O–H groups in total. The Kier molecular flexibility index (Phi) is 7.10. The van der Waals surface area contributed by atoms with Gasteiger partial charge in [-0.15, -0.1) is 0 Å². The molecule has 0 fully saturated rings. The number of nitrogens with zero attached hydrogens (tertiary/aromatic N) is 1. The number of carbonyl (C=O) groups excluding carboxylic acids is 1. The summed E-state index contributed by atoms with van der Waals surface area (Å²) in [4.78, 5) is 12.6. The average Bonchev–Trinajstić information content (AvgIpc) is 2.82. The fourth-order valence-electron chi connectivity index (χ4n) is 3.75. The number of aliphatic hydroxyl groups excluding tert-OH is 1. The van der Waals surface area contributed by atoms with E-state index in [0.29, 0.717) is 6.07 Å². The maximum atomic E-state index is 13.5.